The fourth-order valence-corrected chi connectivity index (χ4v) is 1.15. The van der Waals surface area contributed by atoms with Crippen LogP contribution >= 0.6 is 0 Å². The summed E-state index contributed by atoms with van der Waals surface area (Å²) in [5, 5.41) is 0. The highest BCUT2D eigenvalue weighted by Gasteiger charge is 2.11. The van der Waals surface area contributed by atoms with Gasteiger partial charge < -0.3 is 15.2 Å². The molecule has 0 heterocycles. The molecule has 0 aliphatic rings. The molecule has 0 bridgehead atoms. The maximum atomic E-state index is 12.9. The van der Waals surface area contributed by atoms with Crippen molar-refractivity contribution in [3.05, 3.63) is 29.6 Å². The van der Waals surface area contributed by atoms with Gasteiger partial charge in [-0.2, -0.15) is 0 Å². The molecule has 0 unspecified atom stereocenters. The summed E-state index contributed by atoms with van der Waals surface area (Å²) in [7, 11) is 1.56. The van der Waals surface area contributed by atoms with Gasteiger partial charge in [-0.15, -0.1) is 0 Å². The Bertz CT molecular complexity index is 368. The van der Waals surface area contributed by atoms with Gasteiger partial charge in [0, 0.05) is 25.8 Å². The van der Waals surface area contributed by atoms with Gasteiger partial charge in [-0.1, -0.05) is 0 Å². The second-order valence-corrected chi connectivity index (χ2v) is 3.21. The van der Waals surface area contributed by atoms with Crippen molar-refractivity contribution in [2.75, 3.05) is 26.1 Å². The molecule has 0 aromatic heterocycles. The van der Waals surface area contributed by atoms with Crippen LogP contribution in [0.5, 0.6) is 0 Å². The lowest BCUT2D eigenvalue weighted by Gasteiger charge is -2.06. The lowest BCUT2D eigenvalue weighted by atomic mass is 10.2. The molecule has 16 heavy (non-hydrogen) atoms. The van der Waals surface area contributed by atoms with Gasteiger partial charge in [0.2, 0.25) is 0 Å². The second kappa shape index (κ2) is 6.07. The molecular weight excluding hydrogens is 213 g/mol. The van der Waals surface area contributed by atoms with Gasteiger partial charge in [0.15, 0.2) is 0 Å². The molecule has 0 saturated heterocycles. The highest BCUT2D eigenvalue weighted by atomic mass is 19.1. The maximum Gasteiger partial charge on any atom is 0.340 e. The third kappa shape index (κ3) is 3.51. The SMILES string of the molecule is COCCCOC(=O)c1cc(F)ccc1N. The first-order chi connectivity index (χ1) is 7.65. The molecule has 0 atom stereocenters. The minimum atomic E-state index is -0.617. The van der Waals surface area contributed by atoms with E-state index < -0.39 is 11.8 Å². The predicted molar refractivity (Wildman–Crippen MR) is 57.6 cm³/mol. The summed E-state index contributed by atoms with van der Waals surface area (Å²) in [5.74, 6) is -1.13. The lowest BCUT2D eigenvalue weighted by molar-refractivity contribution is 0.0469. The summed E-state index contributed by atoms with van der Waals surface area (Å²) < 4.78 is 22.6. The van der Waals surface area contributed by atoms with Crippen molar-refractivity contribution in [1.29, 1.82) is 0 Å². The highest BCUT2D eigenvalue weighted by molar-refractivity contribution is 5.95. The molecule has 1 aromatic carbocycles. The first-order valence-electron chi connectivity index (χ1n) is 4.86. The van der Waals surface area contributed by atoms with E-state index >= 15 is 0 Å². The topological polar surface area (TPSA) is 61.5 Å². The normalized spacial score (nSPS) is 10.1. The third-order valence-corrected chi connectivity index (χ3v) is 1.96. The number of hydrogen-bond acceptors (Lipinski definition) is 4. The number of methoxy groups -OCH3 is 1. The average molecular weight is 227 g/mol. The van der Waals surface area contributed by atoms with E-state index in [0.29, 0.717) is 13.0 Å². The molecule has 0 spiro atoms. The van der Waals surface area contributed by atoms with Crippen LogP contribution < -0.4 is 5.73 Å². The molecule has 0 fully saturated rings. The van der Waals surface area contributed by atoms with E-state index in [4.69, 9.17) is 15.2 Å². The smallest absolute Gasteiger partial charge is 0.340 e. The molecule has 0 saturated carbocycles. The van der Waals surface area contributed by atoms with Gasteiger partial charge in [-0.3, -0.25) is 0 Å². The minimum absolute atomic E-state index is 0.0532. The second-order valence-electron chi connectivity index (χ2n) is 3.21. The van der Waals surface area contributed by atoms with E-state index in [1.807, 2.05) is 0 Å². The van der Waals surface area contributed by atoms with Crippen LogP contribution in [0.25, 0.3) is 0 Å². The summed E-state index contributed by atoms with van der Waals surface area (Å²) in [6.45, 7) is 0.731. The number of halogens is 1. The zero-order valence-corrected chi connectivity index (χ0v) is 9.03. The van der Waals surface area contributed by atoms with Crippen molar-refractivity contribution in [3.63, 3.8) is 0 Å². The minimum Gasteiger partial charge on any atom is -0.462 e. The van der Waals surface area contributed by atoms with Crippen LogP contribution in [-0.4, -0.2) is 26.3 Å². The summed E-state index contributed by atoms with van der Waals surface area (Å²) in [4.78, 5) is 11.5. The van der Waals surface area contributed by atoms with E-state index in [1.54, 1.807) is 7.11 Å². The van der Waals surface area contributed by atoms with Crippen molar-refractivity contribution in [2.45, 2.75) is 6.42 Å². The molecule has 2 N–H and O–H groups in total. The quantitative estimate of drug-likeness (QED) is 0.471. The van der Waals surface area contributed by atoms with Gasteiger partial charge in [0.25, 0.3) is 0 Å². The summed E-state index contributed by atoms with van der Waals surface area (Å²) >= 11 is 0. The van der Waals surface area contributed by atoms with Crippen molar-refractivity contribution < 1.29 is 18.7 Å². The van der Waals surface area contributed by atoms with Crippen LogP contribution in [0.15, 0.2) is 18.2 Å². The van der Waals surface area contributed by atoms with E-state index in [1.165, 1.54) is 12.1 Å². The van der Waals surface area contributed by atoms with Crippen LogP contribution in [0.3, 0.4) is 0 Å². The first-order valence-corrected chi connectivity index (χ1v) is 4.86. The number of benzene rings is 1. The zero-order valence-electron chi connectivity index (χ0n) is 9.03. The van der Waals surface area contributed by atoms with Crippen LogP contribution in [0.2, 0.25) is 0 Å². The first kappa shape index (κ1) is 12.4. The maximum absolute atomic E-state index is 12.9. The molecule has 0 aliphatic heterocycles. The molecular formula is C11H14FNO3. The van der Waals surface area contributed by atoms with Crippen LogP contribution in [-0.2, 0) is 9.47 Å². The van der Waals surface area contributed by atoms with Crippen molar-refractivity contribution in [3.8, 4) is 0 Å². The van der Waals surface area contributed by atoms with E-state index in [2.05, 4.69) is 0 Å². The Kier molecular flexibility index (Phi) is 4.72. The number of nitrogens with two attached hydrogens (primary N) is 1. The number of anilines is 1. The average Bonchev–Trinajstić information content (AvgIpc) is 2.27. The molecule has 4 nitrogen and oxygen atoms in total. The third-order valence-electron chi connectivity index (χ3n) is 1.96. The zero-order chi connectivity index (χ0) is 12.0. The molecule has 0 radical (unpaired) electrons. The molecule has 0 aliphatic carbocycles. The molecule has 0 amide bonds. The van der Waals surface area contributed by atoms with Gasteiger partial charge in [-0.25, -0.2) is 9.18 Å². The Morgan fingerprint density at radius 3 is 2.88 bits per heavy atom. The van der Waals surface area contributed by atoms with Gasteiger partial charge in [0.1, 0.15) is 5.82 Å². The number of rotatable bonds is 5. The van der Waals surface area contributed by atoms with Gasteiger partial charge >= 0.3 is 5.97 Å². The largest absolute Gasteiger partial charge is 0.462 e. The standard InChI is InChI=1S/C11H14FNO3/c1-15-5-2-6-16-11(14)9-7-8(12)3-4-10(9)13/h3-4,7H,2,5-6,13H2,1H3. The molecule has 88 valence electrons. The predicted octanol–water partition coefficient (Wildman–Crippen LogP) is 1.60. The number of esters is 1. The number of hydrogen-bond donors (Lipinski definition) is 1. The Morgan fingerprint density at radius 1 is 1.44 bits per heavy atom. The highest BCUT2D eigenvalue weighted by Crippen LogP contribution is 2.14. The lowest BCUT2D eigenvalue weighted by Crippen LogP contribution is -2.10. The number of carbonyl (C=O) groups is 1. The van der Waals surface area contributed by atoms with Crippen LogP contribution in [0.4, 0.5) is 10.1 Å². The van der Waals surface area contributed by atoms with Crippen molar-refractivity contribution in [1.82, 2.24) is 0 Å². The summed E-state index contributed by atoms with van der Waals surface area (Å²) in [6.07, 6.45) is 0.595. The van der Waals surface area contributed by atoms with E-state index in [0.717, 1.165) is 6.07 Å². The summed E-state index contributed by atoms with van der Waals surface area (Å²) in [6, 6.07) is 3.59. The Hall–Kier alpha value is -1.62. The number of ether oxygens (including phenoxy) is 2. The number of nitrogen functional groups attached to an aromatic ring is 1. The van der Waals surface area contributed by atoms with E-state index in [9.17, 15) is 9.18 Å². The Morgan fingerprint density at radius 2 is 2.19 bits per heavy atom. The van der Waals surface area contributed by atoms with Crippen molar-refractivity contribution >= 4 is 11.7 Å². The van der Waals surface area contributed by atoms with Crippen LogP contribution in [0, 0.1) is 5.82 Å². The molecule has 5 heteroatoms. The molecule has 1 aromatic rings. The van der Waals surface area contributed by atoms with Crippen molar-refractivity contribution in [2.24, 2.45) is 0 Å². The monoisotopic (exact) mass is 227 g/mol. The fraction of sp³-hybridized carbons (Fsp3) is 0.364. The Labute approximate surface area is 93.2 Å². The van der Waals surface area contributed by atoms with Gasteiger partial charge in [-0.05, 0) is 18.2 Å². The molecule has 1 rings (SSSR count). The number of carbonyl (C=O) groups excluding carboxylic acids is 1. The Balaban J connectivity index is 2.55. The van der Waals surface area contributed by atoms with Crippen LogP contribution in [0.1, 0.15) is 16.8 Å². The van der Waals surface area contributed by atoms with Gasteiger partial charge in [0.05, 0.1) is 12.2 Å². The fourth-order valence-electron chi connectivity index (χ4n) is 1.15. The summed E-state index contributed by atoms with van der Waals surface area (Å²) in [5.41, 5.74) is 5.79. The van der Waals surface area contributed by atoms with E-state index in [-0.39, 0.29) is 17.9 Å².